The Labute approximate surface area is 187 Å². The Morgan fingerprint density at radius 2 is 1.30 bits per heavy atom. The summed E-state index contributed by atoms with van der Waals surface area (Å²) in [5, 5.41) is 12.8. The first-order chi connectivity index (χ1) is 15.9. The van der Waals surface area contributed by atoms with Crippen molar-refractivity contribution in [1.82, 2.24) is 0 Å². The quantitative estimate of drug-likeness (QED) is 0.297. The van der Waals surface area contributed by atoms with Gasteiger partial charge in [0.05, 0.1) is 17.6 Å². The molecular formula is C25H18N2O6. The minimum Gasteiger partial charge on any atom is -0.481 e. The van der Waals surface area contributed by atoms with Crippen molar-refractivity contribution in [3.05, 3.63) is 82.2 Å². The van der Waals surface area contributed by atoms with Crippen LogP contribution in [0.15, 0.2) is 60.7 Å². The number of carboxylic acid groups (broad SMARTS) is 1. The van der Waals surface area contributed by atoms with Gasteiger partial charge in [0.25, 0.3) is 0 Å². The summed E-state index contributed by atoms with van der Waals surface area (Å²) < 4.78 is 11.0. The number of esters is 2. The van der Waals surface area contributed by atoms with Crippen LogP contribution < -0.4 is 31.0 Å². The number of benzene rings is 3. The first kappa shape index (κ1) is 20.3. The number of carboxylic acids is 1. The molecule has 4 N–H and O–H groups in total. The van der Waals surface area contributed by atoms with Crippen LogP contribution in [0.5, 0.6) is 11.5 Å². The summed E-state index contributed by atoms with van der Waals surface area (Å²) in [6.45, 7) is 0.292. The van der Waals surface area contributed by atoms with Gasteiger partial charge >= 0.3 is 17.9 Å². The molecule has 0 bridgehead atoms. The number of hydrogen-bond acceptors (Lipinski definition) is 7. The molecule has 0 fully saturated rings. The Morgan fingerprint density at radius 1 is 0.818 bits per heavy atom. The van der Waals surface area contributed by atoms with E-state index in [0.29, 0.717) is 56.4 Å². The van der Waals surface area contributed by atoms with Crippen molar-refractivity contribution >= 4 is 40.4 Å². The number of aliphatic carboxylic acids is 1. The Bertz CT molecular complexity index is 1440. The Kier molecular flexibility index (Phi) is 4.82. The van der Waals surface area contributed by atoms with Crippen LogP contribution in [-0.2, 0) is 14.4 Å². The number of nitrogens with one attached hydrogen (secondary N) is 1. The Morgan fingerprint density at radius 3 is 1.79 bits per heavy atom. The molecule has 3 aromatic carbocycles. The van der Waals surface area contributed by atoms with Crippen molar-refractivity contribution in [2.75, 3.05) is 17.6 Å². The monoisotopic (exact) mass is 442 g/mol. The fraction of sp³-hybridized carbons (Fsp3) is 0.0800. The van der Waals surface area contributed by atoms with Gasteiger partial charge in [0, 0.05) is 28.4 Å². The summed E-state index contributed by atoms with van der Waals surface area (Å²) in [6, 6.07) is 17.2. The standard InChI is InChI=1S/C25H18N2O6/c26-15-5-1-13(2-6-15)22-17-11-20-18(12-19(17)32-24(22)30)23(25(31)33-20)14-3-7-16(8-4-14)27-10-9-21(28)29/h1-8,11-12,27H,9-10,26H2,(H,28,29). The average Bonchev–Trinajstić information content (AvgIpc) is 3.27. The third-order valence-electron chi connectivity index (χ3n) is 5.47. The average molecular weight is 442 g/mol. The molecule has 2 aliphatic heterocycles. The predicted octanol–water partition coefficient (Wildman–Crippen LogP) is 1.39. The zero-order valence-corrected chi connectivity index (χ0v) is 17.3. The van der Waals surface area contributed by atoms with Gasteiger partial charge in [0.2, 0.25) is 0 Å². The fourth-order valence-corrected chi connectivity index (χ4v) is 3.91. The maximum atomic E-state index is 12.7. The van der Waals surface area contributed by atoms with Crippen LogP contribution in [0.4, 0.5) is 11.4 Å². The minimum atomic E-state index is -0.884. The lowest BCUT2D eigenvalue weighted by molar-refractivity contribution is -0.136. The highest BCUT2D eigenvalue weighted by atomic mass is 16.5. The summed E-state index contributed by atoms with van der Waals surface area (Å²) >= 11 is 0. The molecule has 8 nitrogen and oxygen atoms in total. The van der Waals surface area contributed by atoms with Crippen molar-refractivity contribution in [2.45, 2.75) is 6.42 Å². The maximum absolute atomic E-state index is 12.7. The number of rotatable bonds is 6. The van der Waals surface area contributed by atoms with Crippen LogP contribution in [0.2, 0.25) is 0 Å². The van der Waals surface area contributed by atoms with E-state index in [9.17, 15) is 14.4 Å². The molecule has 0 saturated carbocycles. The lowest BCUT2D eigenvalue weighted by atomic mass is 10.0. The van der Waals surface area contributed by atoms with E-state index in [2.05, 4.69) is 5.32 Å². The molecule has 0 atom stereocenters. The molecule has 0 radical (unpaired) electrons. The smallest absolute Gasteiger partial charge is 0.344 e. The summed E-state index contributed by atoms with van der Waals surface area (Å²) in [5.41, 5.74) is 9.10. The zero-order chi connectivity index (χ0) is 23.1. The van der Waals surface area contributed by atoms with Gasteiger partial charge in [-0.3, -0.25) is 4.79 Å². The van der Waals surface area contributed by atoms with Crippen LogP contribution in [0.25, 0.3) is 11.1 Å². The third-order valence-corrected chi connectivity index (χ3v) is 5.47. The van der Waals surface area contributed by atoms with Gasteiger partial charge in [-0.1, -0.05) is 24.3 Å². The van der Waals surface area contributed by atoms with Crippen molar-refractivity contribution in [3.63, 3.8) is 0 Å². The topological polar surface area (TPSA) is 128 Å². The van der Waals surface area contributed by atoms with Gasteiger partial charge in [-0.05, 0) is 47.5 Å². The van der Waals surface area contributed by atoms with Gasteiger partial charge in [0.1, 0.15) is 11.5 Å². The van der Waals surface area contributed by atoms with Gasteiger partial charge in [-0.2, -0.15) is 0 Å². The molecule has 33 heavy (non-hydrogen) atoms. The largest absolute Gasteiger partial charge is 0.481 e. The fourth-order valence-electron chi connectivity index (χ4n) is 3.91. The lowest BCUT2D eigenvalue weighted by Gasteiger charge is -2.06. The number of fused-ring (bicyclic) bond motifs is 2. The number of carbonyl (C=O) groups is 3. The SMILES string of the molecule is Nc1ccc(C2=c3cc4c(cc3OC2=O)=C(c2ccc(NCCC(=O)O)cc2)C(=O)O4)cc1. The Hall–Kier alpha value is -4.59. The number of nitrogens with two attached hydrogens (primary N) is 1. The number of carbonyl (C=O) groups excluding carboxylic acids is 2. The number of ether oxygens (including phenoxy) is 2. The number of nitrogen functional groups attached to an aromatic ring is 1. The molecule has 0 spiro atoms. The molecular weight excluding hydrogens is 424 g/mol. The van der Waals surface area contributed by atoms with E-state index in [-0.39, 0.29) is 6.42 Å². The molecule has 0 unspecified atom stereocenters. The van der Waals surface area contributed by atoms with Gasteiger partial charge in [0.15, 0.2) is 0 Å². The molecule has 0 amide bonds. The highest BCUT2D eigenvalue weighted by molar-refractivity contribution is 6.21. The van der Waals surface area contributed by atoms with Crippen LogP contribution in [0, 0.1) is 0 Å². The second kappa shape index (κ2) is 7.83. The predicted molar refractivity (Wildman–Crippen MR) is 120 cm³/mol. The van der Waals surface area contributed by atoms with Gasteiger partial charge < -0.3 is 25.6 Å². The van der Waals surface area contributed by atoms with Gasteiger partial charge in [-0.15, -0.1) is 0 Å². The molecule has 8 heteroatoms. The molecule has 2 heterocycles. The zero-order valence-electron chi connectivity index (χ0n) is 17.3. The molecule has 5 rings (SSSR count). The van der Waals surface area contributed by atoms with E-state index in [0.717, 1.165) is 5.69 Å². The summed E-state index contributed by atoms with van der Waals surface area (Å²) in [5.74, 6) is -1.16. The normalized spacial score (nSPS) is 13.9. The van der Waals surface area contributed by atoms with Gasteiger partial charge in [-0.25, -0.2) is 9.59 Å². The highest BCUT2D eigenvalue weighted by Gasteiger charge is 2.30. The van der Waals surface area contributed by atoms with Crippen molar-refractivity contribution in [2.24, 2.45) is 0 Å². The minimum absolute atomic E-state index is 0.00195. The second-order valence-corrected chi connectivity index (χ2v) is 7.64. The van der Waals surface area contributed by atoms with Crippen molar-refractivity contribution in [1.29, 1.82) is 0 Å². The van der Waals surface area contributed by atoms with Crippen LogP contribution >= 0.6 is 0 Å². The van der Waals surface area contributed by atoms with Crippen molar-refractivity contribution in [3.8, 4) is 11.5 Å². The molecule has 0 saturated heterocycles. The van der Waals surface area contributed by atoms with E-state index < -0.39 is 17.9 Å². The molecule has 0 aliphatic carbocycles. The summed E-state index contributed by atoms with van der Waals surface area (Å²) in [6.07, 6.45) is -0.00195. The molecule has 0 aromatic heterocycles. The molecule has 2 aliphatic rings. The number of anilines is 2. The van der Waals surface area contributed by atoms with E-state index in [1.54, 1.807) is 60.7 Å². The summed E-state index contributed by atoms with van der Waals surface area (Å²) in [4.78, 5) is 35.9. The third kappa shape index (κ3) is 3.67. The second-order valence-electron chi connectivity index (χ2n) is 7.64. The molecule has 3 aromatic rings. The van der Waals surface area contributed by atoms with E-state index in [1.165, 1.54) is 0 Å². The maximum Gasteiger partial charge on any atom is 0.344 e. The first-order valence-corrected chi connectivity index (χ1v) is 10.2. The Balaban J connectivity index is 1.56. The van der Waals surface area contributed by atoms with Crippen LogP contribution in [0.1, 0.15) is 17.5 Å². The van der Waals surface area contributed by atoms with Crippen LogP contribution in [0.3, 0.4) is 0 Å². The lowest BCUT2D eigenvalue weighted by Crippen LogP contribution is -2.11. The highest BCUT2D eigenvalue weighted by Crippen LogP contribution is 2.27. The van der Waals surface area contributed by atoms with E-state index in [4.69, 9.17) is 20.3 Å². The summed E-state index contributed by atoms with van der Waals surface area (Å²) in [7, 11) is 0. The van der Waals surface area contributed by atoms with Crippen LogP contribution in [-0.4, -0.2) is 29.6 Å². The number of hydrogen-bond donors (Lipinski definition) is 3. The van der Waals surface area contributed by atoms with E-state index in [1.807, 2.05) is 0 Å². The van der Waals surface area contributed by atoms with E-state index >= 15 is 0 Å². The first-order valence-electron chi connectivity index (χ1n) is 10.2. The molecule has 164 valence electrons. The van der Waals surface area contributed by atoms with Crippen molar-refractivity contribution < 1.29 is 29.0 Å².